The molecule has 0 saturated carbocycles. The summed E-state index contributed by atoms with van der Waals surface area (Å²) in [7, 11) is 2.00. The highest BCUT2D eigenvalue weighted by molar-refractivity contribution is 7.98. The SMILES string of the molecule is CCCNc1cccc(CSc2nccn2C)n1. The minimum absolute atomic E-state index is 0.840. The van der Waals surface area contributed by atoms with Crippen LogP contribution in [0.1, 0.15) is 19.0 Å². The molecule has 2 aromatic rings. The average molecular weight is 262 g/mol. The number of hydrogen-bond donors (Lipinski definition) is 1. The van der Waals surface area contributed by atoms with Gasteiger partial charge in [0.05, 0.1) is 5.69 Å². The van der Waals surface area contributed by atoms with E-state index in [0.717, 1.165) is 35.4 Å². The van der Waals surface area contributed by atoms with Crippen LogP contribution in [0.5, 0.6) is 0 Å². The number of hydrogen-bond acceptors (Lipinski definition) is 4. The van der Waals surface area contributed by atoms with Gasteiger partial charge in [-0.15, -0.1) is 0 Å². The van der Waals surface area contributed by atoms with Crippen LogP contribution >= 0.6 is 11.8 Å². The van der Waals surface area contributed by atoms with Gasteiger partial charge in [-0.25, -0.2) is 9.97 Å². The fourth-order valence-electron chi connectivity index (χ4n) is 1.54. The Morgan fingerprint density at radius 1 is 1.39 bits per heavy atom. The molecular weight excluding hydrogens is 244 g/mol. The van der Waals surface area contributed by atoms with Gasteiger partial charge in [-0.2, -0.15) is 0 Å². The van der Waals surface area contributed by atoms with E-state index in [0.29, 0.717) is 0 Å². The summed E-state index contributed by atoms with van der Waals surface area (Å²) in [5.41, 5.74) is 1.07. The molecule has 2 rings (SSSR count). The molecule has 0 aromatic carbocycles. The molecule has 0 amide bonds. The zero-order valence-corrected chi connectivity index (χ0v) is 11.6. The second-order valence-corrected chi connectivity index (χ2v) is 4.99. The van der Waals surface area contributed by atoms with Crippen molar-refractivity contribution in [2.24, 2.45) is 7.05 Å². The second-order valence-electron chi connectivity index (χ2n) is 4.05. The Morgan fingerprint density at radius 2 is 2.28 bits per heavy atom. The number of aromatic nitrogens is 3. The van der Waals surface area contributed by atoms with Crippen LogP contribution < -0.4 is 5.32 Å². The van der Waals surface area contributed by atoms with Crippen LogP contribution in [0, 0.1) is 0 Å². The summed E-state index contributed by atoms with van der Waals surface area (Å²) in [6.07, 6.45) is 4.87. The van der Waals surface area contributed by atoms with E-state index >= 15 is 0 Å². The van der Waals surface area contributed by atoms with E-state index in [4.69, 9.17) is 0 Å². The molecule has 0 aliphatic rings. The van der Waals surface area contributed by atoms with Gasteiger partial charge < -0.3 is 9.88 Å². The largest absolute Gasteiger partial charge is 0.370 e. The number of rotatable bonds is 6. The summed E-state index contributed by atoms with van der Waals surface area (Å²) >= 11 is 1.70. The lowest BCUT2D eigenvalue weighted by atomic mass is 10.3. The third kappa shape index (κ3) is 3.50. The lowest BCUT2D eigenvalue weighted by molar-refractivity contribution is 0.789. The van der Waals surface area contributed by atoms with Gasteiger partial charge in [0.25, 0.3) is 0 Å². The van der Waals surface area contributed by atoms with Crippen molar-refractivity contribution in [2.45, 2.75) is 24.3 Å². The Bertz CT molecular complexity index is 495. The lowest BCUT2D eigenvalue weighted by Crippen LogP contribution is -2.02. The standard InChI is InChI=1S/C13H18N4S/c1-3-7-14-12-6-4-5-11(16-12)10-18-13-15-8-9-17(13)2/h4-6,8-9H,3,7,10H2,1-2H3,(H,14,16). The molecule has 0 aliphatic carbocycles. The van der Waals surface area contributed by atoms with Gasteiger partial charge in [-0.05, 0) is 18.6 Å². The van der Waals surface area contributed by atoms with Crippen LogP contribution in [-0.2, 0) is 12.8 Å². The van der Waals surface area contributed by atoms with Crippen molar-refractivity contribution in [2.75, 3.05) is 11.9 Å². The Balaban J connectivity index is 1.95. The van der Waals surface area contributed by atoms with Crippen molar-refractivity contribution in [3.05, 3.63) is 36.3 Å². The summed E-state index contributed by atoms with van der Waals surface area (Å²) in [6.45, 7) is 3.11. The first-order valence-electron chi connectivity index (χ1n) is 6.09. The molecule has 0 fully saturated rings. The zero-order valence-electron chi connectivity index (χ0n) is 10.8. The minimum Gasteiger partial charge on any atom is -0.370 e. The molecule has 0 atom stereocenters. The number of nitrogens with one attached hydrogen (secondary N) is 1. The van der Waals surface area contributed by atoms with E-state index in [-0.39, 0.29) is 0 Å². The highest BCUT2D eigenvalue weighted by Crippen LogP contribution is 2.20. The van der Waals surface area contributed by atoms with Gasteiger partial charge in [0.2, 0.25) is 0 Å². The molecule has 0 radical (unpaired) electrons. The topological polar surface area (TPSA) is 42.7 Å². The first kappa shape index (κ1) is 13.0. The van der Waals surface area contributed by atoms with Crippen molar-refractivity contribution >= 4 is 17.6 Å². The highest BCUT2D eigenvalue weighted by atomic mass is 32.2. The number of pyridine rings is 1. The van der Waals surface area contributed by atoms with E-state index in [1.165, 1.54) is 0 Å². The molecule has 0 saturated heterocycles. The van der Waals surface area contributed by atoms with Crippen molar-refractivity contribution in [1.82, 2.24) is 14.5 Å². The second kappa shape index (κ2) is 6.44. The van der Waals surface area contributed by atoms with Gasteiger partial charge in [-0.3, -0.25) is 0 Å². The molecule has 0 aliphatic heterocycles. The van der Waals surface area contributed by atoms with E-state index in [1.54, 1.807) is 11.8 Å². The van der Waals surface area contributed by atoms with Crippen molar-refractivity contribution in [1.29, 1.82) is 0 Å². The van der Waals surface area contributed by atoms with E-state index < -0.39 is 0 Å². The molecule has 96 valence electrons. The quantitative estimate of drug-likeness (QED) is 0.813. The van der Waals surface area contributed by atoms with E-state index in [9.17, 15) is 0 Å². The predicted octanol–water partition coefficient (Wildman–Crippen LogP) is 2.93. The smallest absolute Gasteiger partial charge is 0.168 e. The van der Waals surface area contributed by atoms with Crippen LogP contribution in [0.4, 0.5) is 5.82 Å². The molecule has 0 spiro atoms. The normalized spacial score (nSPS) is 10.6. The summed E-state index contributed by atoms with van der Waals surface area (Å²) in [5.74, 6) is 1.79. The van der Waals surface area contributed by atoms with Crippen LogP contribution in [0.25, 0.3) is 0 Å². The van der Waals surface area contributed by atoms with Crippen LogP contribution in [-0.4, -0.2) is 21.1 Å². The van der Waals surface area contributed by atoms with Crippen LogP contribution in [0.3, 0.4) is 0 Å². The highest BCUT2D eigenvalue weighted by Gasteiger charge is 2.02. The van der Waals surface area contributed by atoms with Crippen LogP contribution in [0.2, 0.25) is 0 Å². The number of imidazole rings is 1. The first-order valence-corrected chi connectivity index (χ1v) is 7.08. The molecule has 1 N–H and O–H groups in total. The maximum absolute atomic E-state index is 4.57. The summed E-state index contributed by atoms with van der Waals surface area (Å²) in [6, 6.07) is 6.09. The molecular formula is C13H18N4S. The third-order valence-corrected chi connectivity index (χ3v) is 3.58. The maximum atomic E-state index is 4.57. The Morgan fingerprint density at radius 3 is 3.00 bits per heavy atom. The molecule has 2 heterocycles. The first-order chi connectivity index (χ1) is 8.79. The van der Waals surface area contributed by atoms with Gasteiger partial charge in [-0.1, -0.05) is 24.8 Å². The van der Waals surface area contributed by atoms with E-state index in [2.05, 4.69) is 22.2 Å². The number of nitrogens with zero attached hydrogens (tertiary/aromatic N) is 3. The zero-order chi connectivity index (χ0) is 12.8. The van der Waals surface area contributed by atoms with Crippen molar-refractivity contribution in [3.63, 3.8) is 0 Å². The number of anilines is 1. The van der Waals surface area contributed by atoms with Gasteiger partial charge >= 0.3 is 0 Å². The minimum atomic E-state index is 0.840. The summed E-state index contributed by atoms with van der Waals surface area (Å²) < 4.78 is 2.02. The Hall–Kier alpha value is -1.49. The molecule has 0 unspecified atom stereocenters. The van der Waals surface area contributed by atoms with Crippen molar-refractivity contribution in [3.8, 4) is 0 Å². The van der Waals surface area contributed by atoms with Gasteiger partial charge in [0, 0.05) is 31.7 Å². The van der Waals surface area contributed by atoms with E-state index in [1.807, 2.05) is 42.2 Å². The van der Waals surface area contributed by atoms with Crippen LogP contribution in [0.15, 0.2) is 35.7 Å². The Kier molecular flexibility index (Phi) is 4.64. The molecule has 4 nitrogen and oxygen atoms in total. The molecule has 0 bridgehead atoms. The molecule has 18 heavy (non-hydrogen) atoms. The summed E-state index contributed by atoms with van der Waals surface area (Å²) in [5, 5.41) is 4.32. The Labute approximate surface area is 112 Å². The van der Waals surface area contributed by atoms with Crippen molar-refractivity contribution < 1.29 is 0 Å². The predicted molar refractivity (Wildman–Crippen MR) is 75.8 cm³/mol. The monoisotopic (exact) mass is 262 g/mol. The van der Waals surface area contributed by atoms with Gasteiger partial charge in [0.1, 0.15) is 5.82 Å². The maximum Gasteiger partial charge on any atom is 0.168 e. The third-order valence-electron chi connectivity index (χ3n) is 2.49. The fraction of sp³-hybridized carbons (Fsp3) is 0.385. The number of aryl methyl sites for hydroxylation is 1. The molecule has 5 heteroatoms. The molecule has 2 aromatic heterocycles. The average Bonchev–Trinajstić information content (AvgIpc) is 2.80. The number of thioether (sulfide) groups is 1. The van der Waals surface area contributed by atoms with Gasteiger partial charge in [0.15, 0.2) is 5.16 Å². The lowest BCUT2D eigenvalue weighted by Gasteiger charge is -2.06. The summed E-state index contributed by atoms with van der Waals surface area (Å²) in [4.78, 5) is 8.86. The fourth-order valence-corrected chi connectivity index (χ4v) is 2.38.